The normalized spacial score (nSPS) is 11.9. The van der Waals surface area contributed by atoms with E-state index in [0.717, 1.165) is 6.42 Å². The summed E-state index contributed by atoms with van der Waals surface area (Å²) in [4.78, 5) is 22.5. The lowest BCUT2D eigenvalue weighted by molar-refractivity contribution is -0.141. The Morgan fingerprint density at radius 1 is 1.42 bits per heavy atom. The number of carbonyl (C=O) groups excluding carboxylic acids is 1. The highest BCUT2D eigenvalue weighted by atomic mass is 19.1. The number of carboxylic acid groups (broad SMARTS) is 1. The molecule has 1 aromatic rings. The average molecular weight is 267 g/mol. The fraction of sp³-hybridized carbons (Fsp3) is 0.429. The molecule has 0 aliphatic carbocycles. The largest absolute Gasteiger partial charge is 0.481 e. The van der Waals surface area contributed by atoms with E-state index in [2.05, 4.69) is 5.32 Å². The minimum absolute atomic E-state index is 0.0518. The Morgan fingerprint density at radius 3 is 2.74 bits per heavy atom. The monoisotopic (exact) mass is 267 g/mol. The first kappa shape index (κ1) is 15.1. The van der Waals surface area contributed by atoms with Crippen LogP contribution in [0.2, 0.25) is 0 Å². The average Bonchev–Trinajstić information content (AvgIpc) is 2.34. The van der Waals surface area contributed by atoms with E-state index < -0.39 is 11.9 Å². The molecular weight excluding hydrogens is 249 g/mol. The van der Waals surface area contributed by atoms with Crippen LogP contribution in [-0.2, 0) is 16.0 Å². The summed E-state index contributed by atoms with van der Waals surface area (Å²) in [6, 6.07) is 5.79. The number of aliphatic carboxylic acids is 1. The number of carbonyl (C=O) groups is 2. The number of rotatable bonds is 7. The number of nitrogens with one attached hydrogen (secondary N) is 1. The fourth-order valence-corrected chi connectivity index (χ4v) is 1.79. The van der Waals surface area contributed by atoms with Gasteiger partial charge in [-0.15, -0.1) is 0 Å². The molecule has 1 aromatic carbocycles. The summed E-state index contributed by atoms with van der Waals surface area (Å²) in [5, 5.41) is 11.5. The molecule has 1 amide bonds. The third-order valence-corrected chi connectivity index (χ3v) is 2.79. The molecule has 0 aliphatic heterocycles. The number of benzene rings is 1. The summed E-state index contributed by atoms with van der Waals surface area (Å²) in [6.07, 6.45) is 1.32. The lowest BCUT2D eigenvalue weighted by Gasteiger charge is -2.12. The highest BCUT2D eigenvalue weighted by Gasteiger charge is 2.17. The van der Waals surface area contributed by atoms with Crippen LogP contribution in [0.5, 0.6) is 0 Å². The molecule has 0 aliphatic rings. The third-order valence-electron chi connectivity index (χ3n) is 2.79. The molecule has 0 bridgehead atoms. The van der Waals surface area contributed by atoms with Gasteiger partial charge in [-0.05, 0) is 24.1 Å². The van der Waals surface area contributed by atoms with E-state index in [9.17, 15) is 14.0 Å². The molecule has 0 saturated carbocycles. The molecule has 1 unspecified atom stereocenters. The van der Waals surface area contributed by atoms with E-state index in [-0.39, 0.29) is 24.7 Å². The third kappa shape index (κ3) is 5.50. The summed E-state index contributed by atoms with van der Waals surface area (Å²) in [7, 11) is 0. The Morgan fingerprint density at radius 2 is 2.16 bits per heavy atom. The van der Waals surface area contributed by atoms with Crippen LogP contribution in [0, 0.1) is 11.7 Å². The van der Waals surface area contributed by atoms with Gasteiger partial charge in [-0.1, -0.05) is 25.5 Å². The Hall–Kier alpha value is -1.91. The Bertz CT molecular complexity index is 448. The van der Waals surface area contributed by atoms with Crippen LogP contribution >= 0.6 is 0 Å². The van der Waals surface area contributed by atoms with E-state index in [1.54, 1.807) is 6.07 Å². The van der Waals surface area contributed by atoms with Crippen LogP contribution in [-0.4, -0.2) is 23.5 Å². The van der Waals surface area contributed by atoms with Crippen LogP contribution in [0.4, 0.5) is 4.39 Å². The van der Waals surface area contributed by atoms with Gasteiger partial charge in [-0.3, -0.25) is 9.59 Å². The van der Waals surface area contributed by atoms with E-state index in [0.29, 0.717) is 12.0 Å². The number of halogens is 1. The van der Waals surface area contributed by atoms with Gasteiger partial charge >= 0.3 is 5.97 Å². The minimum Gasteiger partial charge on any atom is -0.481 e. The van der Waals surface area contributed by atoms with Gasteiger partial charge in [0, 0.05) is 6.54 Å². The number of hydrogen-bond acceptors (Lipinski definition) is 2. The van der Waals surface area contributed by atoms with Gasteiger partial charge in [0.2, 0.25) is 5.91 Å². The van der Waals surface area contributed by atoms with Gasteiger partial charge in [0.05, 0.1) is 12.3 Å². The van der Waals surface area contributed by atoms with Crippen molar-refractivity contribution >= 4 is 11.9 Å². The second kappa shape index (κ2) is 7.51. The summed E-state index contributed by atoms with van der Waals surface area (Å²) in [5.74, 6) is -2.16. The molecule has 0 radical (unpaired) electrons. The maximum atomic E-state index is 12.9. The molecule has 2 N–H and O–H groups in total. The molecule has 19 heavy (non-hydrogen) atoms. The molecule has 4 nitrogen and oxygen atoms in total. The van der Waals surface area contributed by atoms with Crippen molar-refractivity contribution in [2.75, 3.05) is 6.54 Å². The lowest BCUT2D eigenvalue weighted by atomic mass is 10.0. The second-order valence-corrected chi connectivity index (χ2v) is 4.43. The second-order valence-electron chi connectivity index (χ2n) is 4.43. The zero-order valence-corrected chi connectivity index (χ0v) is 10.9. The first-order valence-electron chi connectivity index (χ1n) is 6.27. The van der Waals surface area contributed by atoms with Crippen molar-refractivity contribution in [2.45, 2.75) is 26.2 Å². The maximum absolute atomic E-state index is 12.9. The van der Waals surface area contributed by atoms with Gasteiger partial charge in [0.25, 0.3) is 0 Å². The molecule has 0 heterocycles. The molecule has 5 heteroatoms. The molecule has 0 spiro atoms. The Balaban J connectivity index is 2.45. The standard InChI is InChI=1S/C14H18FNO3/c1-2-4-11(14(18)19)9-16-13(17)8-10-5-3-6-12(15)7-10/h3,5-7,11H,2,4,8-9H2,1H3,(H,16,17)(H,18,19). The molecule has 104 valence electrons. The van der Waals surface area contributed by atoms with Gasteiger partial charge in [-0.25, -0.2) is 4.39 Å². The van der Waals surface area contributed by atoms with Crippen molar-refractivity contribution in [3.05, 3.63) is 35.6 Å². The van der Waals surface area contributed by atoms with E-state index in [1.807, 2.05) is 6.92 Å². The lowest BCUT2D eigenvalue weighted by Crippen LogP contribution is -2.33. The SMILES string of the molecule is CCCC(CNC(=O)Cc1cccc(F)c1)C(=O)O. The van der Waals surface area contributed by atoms with Gasteiger partial charge in [0.15, 0.2) is 0 Å². The quantitative estimate of drug-likeness (QED) is 0.794. The van der Waals surface area contributed by atoms with Crippen LogP contribution in [0.15, 0.2) is 24.3 Å². The van der Waals surface area contributed by atoms with E-state index in [1.165, 1.54) is 18.2 Å². The molecule has 0 fully saturated rings. The zero-order valence-electron chi connectivity index (χ0n) is 10.9. The topological polar surface area (TPSA) is 66.4 Å². The van der Waals surface area contributed by atoms with Gasteiger partial charge < -0.3 is 10.4 Å². The fourth-order valence-electron chi connectivity index (χ4n) is 1.79. The molecule has 1 atom stereocenters. The molecule has 0 aromatic heterocycles. The number of hydrogen-bond donors (Lipinski definition) is 2. The van der Waals surface area contributed by atoms with Crippen molar-refractivity contribution in [2.24, 2.45) is 5.92 Å². The summed E-state index contributed by atoms with van der Waals surface area (Å²) in [6.45, 7) is 2.00. The molecular formula is C14H18FNO3. The van der Waals surface area contributed by atoms with Crippen molar-refractivity contribution in [3.8, 4) is 0 Å². The van der Waals surface area contributed by atoms with E-state index >= 15 is 0 Å². The first-order valence-corrected chi connectivity index (χ1v) is 6.27. The zero-order chi connectivity index (χ0) is 14.3. The van der Waals surface area contributed by atoms with Crippen molar-refractivity contribution in [1.29, 1.82) is 0 Å². The highest BCUT2D eigenvalue weighted by Crippen LogP contribution is 2.06. The summed E-state index contributed by atoms with van der Waals surface area (Å²) < 4.78 is 12.9. The number of carboxylic acids is 1. The van der Waals surface area contributed by atoms with Crippen molar-refractivity contribution in [3.63, 3.8) is 0 Å². The van der Waals surface area contributed by atoms with Crippen molar-refractivity contribution < 1.29 is 19.1 Å². The van der Waals surface area contributed by atoms with Crippen LogP contribution in [0.25, 0.3) is 0 Å². The smallest absolute Gasteiger partial charge is 0.308 e. The van der Waals surface area contributed by atoms with E-state index in [4.69, 9.17) is 5.11 Å². The Kier molecular flexibility index (Phi) is 5.99. The first-order chi connectivity index (χ1) is 9.02. The Labute approximate surface area is 111 Å². The molecule has 0 saturated heterocycles. The van der Waals surface area contributed by atoms with Gasteiger partial charge in [0.1, 0.15) is 5.82 Å². The summed E-state index contributed by atoms with van der Waals surface area (Å²) in [5.41, 5.74) is 0.569. The van der Waals surface area contributed by atoms with Crippen LogP contribution in [0.1, 0.15) is 25.3 Å². The van der Waals surface area contributed by atoms with Crippen LogP contribution in [0.3, 0.4) is 0 Å². The van der Waals surface area contributed by atoms with Crippen LogP contribution < -0.4 is 5.32 Å². The predicted molar refractivity (Wildman–Crippen MR) is 69.1 cm³/mol. The summed E-state index contributed by atoms with van der Waals surface area (Å²) >= 11 is 0. The minimum atomic E-state index is -0.909. The predicted octanol–water partition coefficient (Wildman–Crippen LogP) is 1.99. The number of amides is 1. The van der Waals surface area contributed by atoms with Gasteiger partial charge in [-0.2, -0.15) is 0 Å². The van der Waals surface area contributed by atoms with Crippen molar-refractivity contribution in [1.82, 2.24) is 5.32 Å². The maximum Gasteiger partial charge on any atom is 0.308 e. The highest BCUT2D eigenvalue weighted by molar-refractivity contribution is 5.79. The molecule has 1 rings (SSSR count).